The third kappa shape index (κ3) is 1.79. The van der Waals surface area contributed by atoms with Crippen LogP contribution in [0, 0.1) is 6.57 Å². The molecule has 3 heterocycles. The van der Waals surface area contributed by atoms with E-state index >= 15 is 0 Å². The van der Waals surface area contributed by atoms with Gasteiger partial charge < -0.3 is 15.9 Å². The van der Waals surface area contributed by atoms with Crippen molar-refractivity contribution >= 4 is 11.2 Å². The Labute approximate surface area is 119 Å². The van der Waals surface area contributed by atoms with Crippen molar-refractivity contribution in [3.05, 3.63) is 41.5 Å². The molecule has 0 saturated carbocycles. The molecule has 0 amide bonds. The van der Waals surface area contributed by atoms with E-state index in [1.165, 1.54) is 10.7 Å². The highest BCUT2D eigenvalue weighted by Crippen LogP contribution is 2.43. The highest BCUT2D eigenvalue weighted by Gasteiger charge is 2.62. The fourth-order valence-corrected chi connectivity index (χ4v) is 2.52. The molecule has 0 bridgehead atoms. The zero-order valence-electron chi connectivity index (χ0n) is 10.8. The van der Waals surface area contributed by atoms with Gasteiger partial charge in [-0.05, 0) is 18.2 Å². The highest BCUT2D eigenvalue weighted by molar-refractivity contribution is 5.69. The lowest BCUT2D eigenvalue weighted by Crippen LogP contribution is -2.42. The van der Waals surface area contributed by atoms with Gasteiger partial charge in [-0.15, -0.1) is 0 Å². The standard InChI is InChI=1S/C13H13FN4O3/c1-16-13(6-19)12(20)10(14)11(21-13)9-3-2-8-7(15)4-5-17-18(8)9/h2-5,10-12,19-20H,6,15H2/t10-,11-,12-,13+/m0/s1. The smallest absolute Gasteiger partial charge is 0.389 e. The van der Waals surface area contributed by atoms with Crippen LogP contribution >= 0.6 is 0 Å². The number of alkyl halides is 1. The first-order chi connectivity index (χ1) is 10.0. The largest absolute Gasteiger partial charge is 0.397 e. The Morgan fingerprint density at radius 1 is 1.52 bits per heavy atom. The molecule has 2 aromatic heterocycles. The lowest BCUT2D eigenvalue weighted by atomic mass is 10.0. The molecule has 0 radical (unpaired) electrons. The summed E-state index contributed by atoms with van der Waals surface area (Å²) in [6.07, 6.45) is -3.35. The molecule has 1 aliphatic rings. The Morgan fingerprint density at radius 3 is 2.90 bits per heavy atom. The Kier molecular flexibility index (Phi) is 3.06. The molecule has 1 saturated heterocycles. The maximum Gasteiger partial charge on any atom is 0.389 e. The number of anilines is 1. The molecule has 2 aromatic rings. The van der Waals surface area contributed by atoms with Gasteiger partial charge in [-0.1, -0.05) is 0 Å². The number of hydrogen-bond acceptors (Lipinski definition) is 5. The van der Waals surface area contributed by atoms with Crippen molar-refractivity contribution in [1.82, 2.24) is 9.61 Å². The fourth-order valence-electron chi connectivity index (χ4n) is 2.52. The van der Waals surface area contributed by atoms with E-state index in [0.29, 0.717) is 16.9 Å². The number of nitrogens with two attached hydrogens (primary N) is 1. The van der Waals surface area contributed by atoms with Crippen LogP contribution in [0.2, 0.25) is 0 Å². The molecule has 7 nitrogen and oxygen atoms in total. The Morgan fingerprint density at radius 2 is 2.29 bits per heavy atom. The van der Waals surface area contributed by atoms with E-state index in [1.54, 1.807) is 18.2 Å². The molecule has 1 aliphatic heterocycles. The van der Waals surface area contributed by atoms with Crippen LogP contribution in [-0.2, 0) is 4.74 Å². The number of aliphatic hydroxyl groups is 2. The zero-order valence-corrected chi connectivity index (χ0v) is 10.8. The van der Waals surface area contributed by atoms with Crippen molar-refractivity contribution in [3.63, 3.8) is 0 Å². The molecule has 21 heavy (non-hydrogen) atoms. The normalized spacial score (nSPS) is 32.4. The molecule has 4 N–H and O–H groups in total. The average molecular weight is 292 g/mol. The van der Waals surface area contributed by atoms with Gasteiger partial charge >= 0.3 is 5.72 Å². The van der Waals surface area contributed by atoms with Crippen LogP contribution in [-0.4, -0.2) is 44.4 Å². The van der Waals surface area contributed by atoms with Crippen LogP contribution in [0.15, 0.2) is 24.4 Å². The number of rotatable bonds is 2. The first-order valence-electron chi connectivity index (χ1n) is 6.25. The molecule has 0 spiro atoms. The van der Waals surface area contributed by atoms with Gasteiger partial charge in [0.05, 0.1) is 16.9 Å². The number of halogens is 1. The fraction of sp³-hybridized carbons (Fsp3) is 0.385. The summed E-state index contributed by atoms with van der Waals surface area (Å²) in [4.78, 5) is 3.06. The third-order valence-electron chi connectivity index (χ3n) is 3.71. The van der Waals surface area contributed by atoms with Gasteiger partial charge in [0.1, 0.15) is 6.10 Å². The second kappa shape index (κ2) is 4.66. The summed E-state index contributed by atoms with van der Waals surface area (Å²) >= 11 is 0. The van der Waals surface area contributed by atoms with Gasteiger partial charge in [0.2, 0.25) is 0 Å². The Balaban J connectivity index is 2.08. The molecule has 110 valence electrons. The van der Waals surface area contributed by atoms with Gasteiger partial charge in [-0.3, -0.25) is 9.58 Å². The summed E-state index contributed by atoms with van der Waals surface area (Å²) in [5, 5.41) is 23.2. The molecule has 0 aromatic carbocycles. The van der Waals surface area contributed by atoms with Crippen molar-refractivity contribution in [2.75, 3.05) is 12.3 Å². The minimum absolute atomic E-state index is 0.322. The number of nitrogen functional groups attached to an aromatic ring is 1. The Bertz CT molecular complexity index is 728. The molecule has 4 atom stereocenters. The first-order valence-corrected chi connectivity index (χ1v) is 6.25. The van der Waals surface area contributed by atoms with E-state index in [4.69, 9.17) is 17.0 Å². The summed E-state index contributed by atoms with van der Waals surface area (Å²) in [6, 6.07) is 4.82. The number of nitrogens with zero attached hydrogens (tertiary/aromatic N) is 3. The van der Waals surface area contributed by atoms with Crippen LogP contribution in [0.5, 0.6) is 0 Å². The molecular weight excluding hydrogens is 279 g/mol. The number of fused-ring (bicyclic) bond motifs is 1. The van der Waals surface area contributed by atoms with Crippen LogP contribution in [0.4, 0.5) is 10.1 Å². The minimum atomic E-state index is -1.99. The zero-order chi connectivity index (χ0) is 15.2. The maximum atomic E-state index is 14.3. The van der Waals surface area contributed by atoms with Crippen molar-refractivity contribution < 1.29 is 19.3 Å². The summed E-state index contributed by atoms with van der Waals surface area (Å²) in [5.74, 6) is 0. The molecule has 1 fully saturated rings. The topological polar surface area (TPSA) is 97.4 Å². The van der Waals surface area contributed by atoms with Gasteiger partial charge in [0, 0.05) is 6.20 Å². The summed E-state index contributed by atoms with van der Waals surface area (Å²) in [6.45, 7) is 6.25. The summed E-state index contributed by atoms with van der Waals surface area (Å²) < 4.78 is 21.1. The molecule has 8 heteroatoms. The second-order valence-electron chi connectivity index (χ2n) is 4.88. The predicted octanol–water partition coefficient (Wildman–Crippen LogP) is 0.295. The SMILES string of the molecule is [C-]#[N+][C@]1(CO)O[C@@H](c2ccc3c(N)ccnn23)[C@H](F)[C@@H]1O. The van der Waals surface area contributed by atoms with Crippen LogP contribution < -0.4 is 5.73 Å². The van der Waals surface area contributed by atoms with Crippen LogP contribution in [0.25, 0.3) is 10.4 Å². The van der Waals surface area contributed by atoms with Gasteiger partial charge in [0.25, 0.3) is 0 Å². The van der Waals surface area contributed by atoms with Crippen molar-refractivity contribution in [3.8, 4) is 0 Å². The van der Waals surface area contributed by atoms with E-state index < -0.39 is 30.7 Å². The van der Waals surface area contributed by atoms with E-state index in [1.807, 2.05) is 0 Å². The lowest BCUT2D eigenvalue weighted by Gasteiger charge is -2.15. The molecular formula is C13H13FN4O3. The van der Waals surface area contributed by atoms with E-state index in [9.17, 15) is 14.6 Å². The molecule has 0 aliphatic carbocycles. The highest BCUT2D eigenvalue weighted by atomic mass is 19.1. The predicted molar refractivity (Wildman–Crippen MR) is 70.8 cm³/mol. The van der Waals surface area contributed by atoms with E-state index in [-0.39, 0.29) is 0 Å². The monoisotopic (exact) mass is 292 g/mol. The first kappa shape index (κ1) is 13.8. The Hall–Kier alpha value is -2.21. The van der Waals surface area contributed by atoms with E-state index in [2.05, 4.69) is 9.94 Å². The second-order valence-corrected chi connectivity index (χ2v) is 4.88. The summed E-state index contributed by atoms with van der Waals surface area (Å²) in [7, 11) is 0. The molecule has 0 unspecified atom stereocenters. The van der Waals surface area contributed by atoms with E-state index in [0.717, 1.165) is 0 Å². The lowest BCUT2D eigenvalue weighted by molar-refractivity contribution is -0.0819. The van der Waals surface area contributed by atoms with Gasteiger partial charge in [-0.2, -0.15) is 5.10 Å². The van der Waals surface area contributed by atoms with Gasteiger partial charge in [-0.25, -0.2) is 15.5 Å². The maximum absolute atomic E-state index is 14.3. The van der Waals surface area contributed by atoms with Crippen molar-refractivity contribution in [2.45, 2.75) is 24.1 Å². The van der Waals surface area contributed by atoms with Gasteiger partial charge in [0.15, 0.2) is 18.9 Å². The number of aromatic nitrogens is 2. The molecule has 3 rings (SSSR count). The number of ether oxygens (including phenoxy) is 1. The summed E-state index contributed by atoms with van der Waals surface area (Å²) in [5.41, 5.74) is 5.17. The van der Waals surface area contributed by atoms with Crippen LogP contribution in [0.1, 0.15) is 11.8 Å². The third-order valence-corrected chi connectivity index (χ3v) is 3.71. The van der Waals surface area contributed by atoms with Crippen LogP contribution in [0.3, 0.4) is 0 Å². The number of hydrogen-bond donors (Lipinski definition) is 3. The number of aliphatic hydroxyl groups excluding tert-OH is 2. The average Bonchev–Trinajstić information content (AvgIpc) is 3.02. The quantitative estimate of drug-likeness (QED) is 0.691. The van der Waals surface area contributed by atoms with Crippen molar-refractivity contribution in [2.24, 2.45) is 0 Å². The van der Waals surface area contributed by atoms with Crippen molar-refractivity contribution in [1.29, 1.82) is 0 Å². The minimum Gasteiger partial charge on any atom is -0.397 e.